The minimum atomic E-state index is -4.65. The van der Waals surface area contributed by atoms with Crippen LogP contribution < -0.4 is 15.6 Å². The van der Waals surface area contributed by atoms with E-state index in [1.54, 1.807) is 41.1 Å². The highest BCUT2D eigenvalue weighted by atomic mass is 31.2. The predicted octanol–water partition coefficient (Wildman–Crippen LogP) is 5.10. The molecule has 2 fully saturated rings. The van der Waals surface area contributed by atoms with Gasteiger partial charge in [0.1, 0.15) is 23.8 Å². The highest BCUT2D eigenvalue weighted by Crippen LogP contribution is 2.52. The standard InChI is InChI=1S/C34H38F2N7O7P/c1-34(2,3)50-51(47,48)49-16-42-14-20(18-9-19-30(44)21(33(45)46)13-41(6)31(19)38-11-18)29(43-8-7-17-12-40(5)15-24(17)43)26-25-27(36)22(35)10-23(37-4)28(25)39-32(26)42/h9-11,13-14,17,24,37H,7-8,12,15-16H2,1-6H3,(H,45,46)(H,47,48)/t17-,24+/m1/s1. The van der Waals surface area contributed by atoms with Gasteiger partial charge in [-0.05, 0) is 46.2 Å². The average molecular weight is 726 g/mol. The molecule has 51 heavy (non-hydrogen) atoms. The van der Waals surface area contributed by atoms with E-state index in [1.807, 2.05) is 7.05 Å². The molecule has 6 heterocycles. The maximum atomic E-state index is 16.2. The molecular formula is C34H38F2N7O7P. The summed E-state index contributed by atoms with van der Waals surface area (Å²) in [5.41, 5.74) is -0.126. The molecule has 1 unspecified atom stereocenters. The second-order valence-corrected chi connectivity index (χ2v) is 15.6. The van der Waals surface area contributed by atoms with Gasteiger partial charge >= 0.3 is 13.8 Å². The second-order valence-electron chi connectivity index (χ2n) is 14.2. The van der Waals surface area contributed by atoms with Crippen molar-refractivity contribution in [2.75, 3.05) is 43.9 Å². The van der Waals surface area contributed by atoms with Gasteiger partial charge in [-0.15, -0.1) is 0 Å². The number of carboxylic acid groups (broad SMARTS) is 1. The van der Waals surface area contributed by atoms with E-state index in [-0.39, 0.29) is 51.0 Å². The van der Waals surface area contributed by atoms with Crippen molar-refractivity contribution in [1.82, 2.24) is 24.0 Å². The van der Waals surface area contributed by atoms with E-state index in [4.69, 9.17) is 14.0 Å². The summed E-state index contributed by atoms with van der Waals surface area (Å²) in [6.45, 7) is 6.31. The molecule has 0 amide bonds. The number of rotatable bonds is 8. The predicted molar refractivity (Wildman–Crippen MR) is 187 cm³/mol. The summed E-state index contributed by atoms with van der Waals surface area (Å²) < 4.78 is 58.2. The Kier molecular flexibility index (Phi) is 8.46. The van der Waals surface area contributed by atoms with E-state index >= 15 is 8.78 Å². The lowest BCUT2D eigenvalue weighted by Crippen LogP contribution is -2.35. The molecule has 14 nitrogen and oxygen atoms in total. The van der Waals surface area contributed by atoms with Crippen LogP contribution in [0.5, 0.6) is 0 Å². The van der Waals surface area contributed by atoms with Crippen LogP contribution in [0.15, 0.2) is 35.5 Å². The number of aromatic carboxylic acids is 1. The van der Waals surface area contributed by atoms with Crippen LogP contribution in [-0.4, -0.2) is 85.3 Å². The number of nitrogens with zero attached hydrogens (tertiary/aromatic N) is 6. The first-order valence-electron chi connectivity index (χ1n) is 16.4. The number of benzene rings is 1. The summed E-state index contributed by atoms with van der Waals surface area (Å²) in [5.74, 6) is -3.19. The Morgan fingerprint density at radius 1 is 1.18 bits per heavy atom. The maximum absolute atomic E-state index is 16.2. The molecule has 0 saturated carbocycles. The van der Waals surface area contributed by atoms with Gasteiger partial charge in [0.25, 0.3) is 0 Å². The first-order valence-corrected chi connectivity index (χ1v) is 17.9. The number of halogens is 2. The summed E-state index contributed by atoms with van der Waals surface area (Å²) >= 11 is 0. The molecule has 3 atom stereocenters. The summed E-state index contributed by atoms with van der Waals surface area (Å²) in [5, 5.41) is 12.6. The van der Waals surface area contributed by atoms with Crippen LogP contribution in [0.3, 0.4) is 0 Å². The van der Waals surface area contributed by atoms with Crippen LogP contribution in [-0.2, 0) is 27.4 Å². The lowest BCUT2D eigenvalue weighted by molar-refractivity contribution is 0.0486. The van der Waals surface area contributed by atoms with E-state index in [1.165, 1.54) is 27.6 Å². The first kappa shape index (κ1) is 35.0. The fourth-order valence-corrected chi connectivity index (χ4v) is 8.51. The molecule has 0 bridgehead atoms. The lowest BCUT2D eigenvalue weighted by atomic mass is 9.97. The van der Waals surface area contributed by atoms with Gasteiger partial charge in [-0.1, -0.05) is 0 Å². The topological polar surface area (TPSA) is 164 Å². The van der Waals surface area contributed by atoms with Gasteiger partial charge in [-0.2, -0.15) is 0 Å². The van der Waals surface area contributed by atoms with Crippen molar-refractivity contribution in [2.45, 2.75) is 45.6 Å². The molecule has 0 radical (unpaired) electrons. The van der Waals surface area contributed by atoms with E-state index in [2.05, 4.69) is 20.1 Å². The number of aryl methyl sites for hydroxylation is 1. The minimum Gasteiger partial charge on any atom is -0.477 e. The molecule has 2 aromatic heterocycles. The molecule has 0 spiro atoms. The summed E-state index contributed by atoms with van der Waals surface area (Å²) in [4.78, 5) is 49.7. The Bertz CT molecular complexity index is 2320. The zero-order valence-electron chi connectivity index (χ0n) is 28.9. The SMILES string of the molecule is CNc1cc(F)c(F)c2c3c(N4CC[C@@H]5CN(C)C[C@@H]54)c(-c4cnc5c(c4)c(=O)c(C(=O)O)cn5C)cn(COP(=O)(O)OC(C)(C)C)c-3nc12. The van der Waals surface area contributed by atoms with Crippen molar-refractivity contribution in [3.05, 3.63) is 58.1 Å². The van der Waals surface area contributed by atoms with Crippen molar-refractivity contribution in [2.24, 2.45) is 13.0 Å². The van der Waals surface area contributed by atoms with Gasteiger partial charge in [0.15, 0.2) is 11.6 Å². The van der Waals surface area contributed by atoms with Crippen molar-refractivity contribution in [1.29, 1.82) is 0 Å². The number of carbonyl (C=O) groups is 1. The summed E-state index contributed by atoms with van der Waals surface area (Å²) in [6.07, 6.45) is 5.15. The monoisotopic (exact) mass is 725 g/mol. The fourth-order valence-electron chi connectivity index (χ4n) is 7.50. The Morgan fingerprint density at radius 2 is 1.92 bits per heavy atom. The quantitative estimate of drug-likeness (QED) is 0.182. The molecule has 270 valence electrons. The normalized spacial score (nSPS) is 19.4. The van der Waals surface area contributed by atoms with Gasteiger partial charge in [0.05, 0.1) is 38.8 Å². The third kappa shape index (κ3) is 6.04. The van der Waals surface area contributed by atoms with Crippen molar-refractivity contribution < 1.29 is 37.2 Å². The van der Waals surface area contributed by atoms with Crippen LogP contribution >= 0.6 is 7.82 Å². The van der Waals surface area contributed by atoms with E-state index in [0.717, 1.165) is 19.0 Å². The van der Waals surface area contributed by atoms with E-state index in [9.17, 15) is 24.2 Å². The first-order chi connectivity index (χ1) is 24.0. The smallest absolute Gasteiger partial charge is 0.474 e. The number of pyridine rings is 3. The molecular weight excluding hydrogens is 687 g/mol. The van der Waals surface area contributed by atoms with Crippen LogP contribution in [0.4, 0.5) is 20.2 Å². The zero-order valence-corrected chi connectivity index (χ0v) is 29.8. The molecule has 2 saturated heterocycles. The fraction of sp³-hybridized carbons (Fsp3) is 0.412. The number of nitrogens with one attached hydrogen (secondary N) is 1. The van der Waals surface area contributed by atoms with Gasteiger partial charge in [-0.3, -0.25) is 13.8 Å². The number of likely N-dealkylation sites (tertiary alicyclic amines) is 1. The van der Waals surface area contributed by atoms with E-state index in [0.29, 0.717) is 29.9 Å². The molecule has 4 aliphatic heterocycles. The molecule has 17 heteroatoms. The number of carboxylic acids is 1. The molecule has 3 aromatic rings. The second kappa shape index (κ2) is 12.3. The minimum absolute atomic E-state index is 0.00728. The number of phosphoric ester groups is 1. The Morgan fingerprint density at radius 3 is 2.61 bits per heavy atom. The summed E-state index contributed by atoms with van der Waals surface area (Å²) in [7, 11) is 0.514. The molecule has 7 rings (SSSR count). The number of likely N-dealkylation sites (N-methyl/N-ethyl adjacent to an activating group) is 1. The largest absolute Gasteiger partial charge is 0.477 e. The Balaban J connectivity index is 1.57. The van der Waals surface area contributed by atoms with Crippen LogP contribution in [0.2, 0.25) is 0 Å². The third-order valence-corrected chi connectivity index (χ3v) is 10.7. The van der Waals surface area contributed by atoms with Gasteiger partial charge < -0.3 is 34.3 Å². The highest BCUT2D eigenvalue weighted by Gasteiger charge is 2.43. The average Bonchev–Trinajstić information content (AvgIpc) is 3.74. The van der Waals surface area contributed by atoms with Crippen molar-refractivity contribution in [3.63, 3.8) is 0 Å². The number of phosphoric acid groups is 1. The van der Waals surface area contributed by atoms with Crippen molar-refractivity contribution >= 4 is 47.1 Å². The third-order valence-electron chi connectivity index (χ3n) is 9.52. The van der Waals surface area contributed by atoms with E-state index < -0.39 is 48.8 Å². The molecule has 0 aliphatic carbocycles. The number of hydrogen-bond donors (Lipinski definition) is 3. The van der Waals surface area contributed by atoms with Gasteiger partial charge in [-0.25, -0.2) is 28.1 Å². The van der Waals surface area contributed by atoms with Gasteiger partial charge in [0.2, 0.25) is 5.43 Å². The number of hydrogen-bond acceptors (Lipinski definition) is 10. The van der Waals surface area contributed by atoms with Gasteiger partial charge in [0, 0.05) is 75.6 Å². The molecule has 4 aliphatic rings. The number of anilines is 2. The van der Waals surface area contributed by atoms with Crippen molar-refractivity contribution in [3.8, 4) is 22.5 Å². The number of fused-ring (bicyclic) bond motifs is 5. The van der Waals surface area contributed by atoms with Crippen LogP contribution in [0.25, 0.3) is 44.5 Å². The zero-order chi connectivity index (χ0) is 36.7. The molecule has 3 N–H and O–H groups in total. The maximum Gasteiger partial charge on any atom is 0.474 e. The highest BCUT2D eigenvalue weighted by molar-refractivity contribution is 7.47. The number of aromatic nitrogens is 4. The van der Waals surface area contributed by atoms with Crippen LogP contribution in [0, 0.1) is 17.6 Å². The molecule has 1 aromatic carbocycles. The lowest BCUT2D eigenvalue weighted by Gasteiger charge is -2.32. The Hall–Kier alpha value is -4.47. The van der Waals surface area contributed by atoms with Crippen LogP contribution in [0.1, 0.15) is 37.6 Å². The Labute approximate surface area is 291 Å². The summed E-state index contributed by atoms with van der Waals surface area (Å²) in [6, 6.07) is 2.53.